The van der Waals surface area contributed by atoms with E-state index in [1.165, 1.54) is 0 Å². The topological polar surface area (TPSA) is 49.2 Å². The molecule has 2 aromatic heterocycles. The van der Waals surface area contributed by atoms with E-state index in [0.717, 1.165) is 30.2 Å². The Labute approximate surface area is 120 Å². The van der Waals surface area contributed by atoms with Gasteiger partial charge >= 0.3 is 0 Å². The lowest BCUT2D eigenvalue weighted by atomic mass is 10.2. The second-order valence-corrected chi connectivity index (χ2v) is 4.90. The molecule has 0 aliphatic carbocycles. The fourth-order valence-corrected chi connectivity index (χ4v) is 2.10. The van der Waals surface area contributed by atoms with Gasteiger partial charge < -0.3 is 10.0 Å². The third kappa shape index (κ3) is 3.54. The number of aliphatic hydroxyl groups is 1. The van der Waals surface area contributed by atoms with Gasteiger partial charge in [0.15, 0.2) is 0 Å². The smallest absolute Gasteiger partial charge is 0.0931 e. The molecule has 0 saturated heterocycles. The number of pyridine rings is 2. The fraction of sp³-hybridized carbons (Fsp3) is 0.375. The van der Waals surface area contributed by atoms with Crippen molar-refractivity contribution in [3.05, 3.63) is 53.6 Å². The van der Waals surface area contributed by atoms with Crippen LogP contribution in [0.1, 0.15) is 37.0 Å². The maximum absolute atomic E-state index is 9.49. The van der Waals surface area contributed by atoms with Crippen LogP contribution in [0, 0.1) is 6.92 Å². The number of nitrogens with zero attached hydrogens (tertiary/aromatic N) is 3. The third-order valence-electron chi connectivity index (χ3n) is 3.24. The van der Waals surface area contributed by atoms with Crippen molar-refractivity contribution in [3.8, 4) is 0 Å². The summed E-state index contributed by atoms with van der Waals surface area (Å²) in [6.45, 7) is 7.46. The van der Waals surface area contributed by atoms with E-state index in [4.69, 9.17) is 0 Å². The standard InChI is InChI=1S/C16H21N3O/c1-4-19(11-14-7-5-6-12(2)18-14)15-8-9-16(13(3)20)17-10-15/h5-10,13,20H,4,11H2,1-3H3/t13-/m1/s1. The Morgan fingerprint density at radius 3 is 2.60 bits per heavy atom. The molecule has 1 atom stereocenters. The number of rotatable bonds is 5. The summed E-state index contributed by atoms with van der Waals surface area (Å²) in [6, 6.07) is 9.92. The van der Waals surface area contributed by atoms with Crippen molar-refractivity contribution in [1.29, 1.82) is 0 Å². The maximum atomic E-state index is 9.49. The van der Waals surface area contributed by atoms with E-state index in [1.54, 1.807) is 13.1 Å². The van der Waals surface area contributed by atoms with E-state index < -0.39 is 6.10 Å². The molecule has 4 nitrogen and oxygen atoms in total. The maximum Gasteiger partial charge on any atom is 0.0931 e. The van der Waals surface area contributed by atoms with Crippen LogP contribution < -0.4 is 4.90 Å². The Morgan fingerprint density at radius 2 is 2.05 bits per heavy atom. The van der Waals surface area contributed by atoms with Gasteiger partial charge in [-0.05, 0) is 45.0 Å². The van der Waals surface area contributed by atoms with Crippen molar-refractivity contribution < 1.29 is 5.11 Å². The molecule has 0 aromatic carbocycles. The van der Waals surface area contributed by atoms with Gasteiger partial charge in [0.25, 0.3) is 0 Å². The zero-order valence-corrected chi connectivity index (χ0v) is 12.2. The Morgan fingerprint density at radius 1 is 1.25 bits per heavy atom. The molecule has 0 amide bonds. The van der Waals surface area contributed by atoms with Gasteiger partial charge in [0.2, 0.25) is 0 Å². The Hall–Kier alpha value is -1.94. The van der Waals surface area contributed by atoms with Crippen molar-refractivity contribution in [3.63, 3.8) is 0 Å². The number of hydrogen-bond donors (Lipinski definition) is 1. The van der Waals surface area contributed by atoms with Crippen LogP contribution in [0.2, 0.25) is 0 Å². The van der Waals surface area contributed by atoms with E-state index in [9.17, 15) is 5.11 Å². The fourth-order valence-electron chi connectivity index (χ4n) is 2.10. The van der Waals surface area contributed by atoms with Gasteiger partial charge in [-0.1, -0.05) is 6.07 Å². The Bertz CT molecular complexity index is 552. The minimum absolute atomic E-state index is 0.530. The zero-order valence-electron chi connectivity index (χ0n) is 12.2. The van der Waals surface area contributed by atoms with Gasteiger partial charge in [0.1, 0.15) is 0 Å². The molecule has 4 heteroatoms. The summed E-state index contributed by atoms with van der Waals surface area (Å²) in [5, 5.41) is 9.49. The van der Waals surface area contributed by atoms with Gasteiger partial charge in [-0.2, -0.15) is 0 Å². The van der Waals surface area contributed by atoms with Crippen LogP contribution >= 0.6 is 0 Å². The Balaban J connectivity index is 2.15. The van der Waals surface area contributed by atoms with Crippen LogP contribution in [0.3, 0.4) is 0 Å². The van der Waals surface area contributed by atoms with Crippen molar-refractivity contribution in [2.45, 2.75) is 33.4 Å². The lowest BCUT2D eigenvalue weighted by Crippen LogP contribution is -2.23. The lowest BCUT2D eigenvalue weighted by Gasteiger charge is -2.22. The minimum atomic E-state index is -0.530. The predicted octanol–water partition coefficient (Wildman–Crippen LogP) is 2.86. The van der Waals surface area contributed by atoms with E-state index >= 15 is 0 Å². The van der Waals surface area contributed by atoms with E-state index in [1.807, 2.05) is 37.3 Å². The summed E-state index contributed by atoms with van der Waals surface area (Å²) >= 11 is 0. The molecular weight excluding hydrogens is 250 g/mol. The molecule has 0 aliphatic heterocycles. The van der Waals surface area contributed by atoms with Crippen LogP contribution in [0.15, 0.2) is 36.5 Å². The number of aromatic nitrogens is 2. The van der Waals surface area contributed by atoms with Crippen LogP contribution in [0.25, 0.3) is 0 Å². The van der Waals surface area contributed by atoms with Gasteiger partial charge in [-0.3, -0.25) is 9.97 Å². The summed E-state index contributed by atoms with van der Waals surface area (Å²) in [7, 11) is 0. The molecule has 20 heavy (non-hydrogen) atoms. The molecular formula is C16H21N3O. The van der Waals surface area contributed by atoms with Gasteiger partial charge in [0.05, 0.1) is 35.9 Å². The average Bonchev–Trinajstić information content (AvgIpc) is 2.45. The molecule has 0 saturated carbocycles. The summed E-state index contributed by atoms with van der Waals surface area (Å²) in [5.41, 5.74) is 3.81. The van der Waals surface area contributed by atoms with Crippen molar-refractivity contribution >= 4 is 5.69 Å². The number of aryl methyl sites for hydroxylation is 1. The highest BCUT2D eigenvalue weighted by molar-refractivity contribution is 5.45. The second kappa shape index (κ2) is 6.48. The number of hydrogen-bond acceptors (Lipinski definition) is 4. The van der Waals surface area contributed by atoms with Crippen molar-refractivity contribution in [1.82, 2.24) is 9.97 Å². The SMILES string of the molecule is CCN(Cc1cccc(C)n1)c1ccc([C@@H](C)O)nc1. The average molecular weight is 271 g/mol. The summed E-state index contributed by atoms with van der Waals surface area (Å²) < 4.78 is 0. The highest BCUT2D eigenvalue weighted by Gasteiger charge is 2.08. The molecule has 0 radical (unpaired) electrons. The predicted molar refractivity (Wildman–Crippen MR) is 80.6 cm³/mol. The van der Waals surface area contributed by atoms with Crippen LogP contribution in [0.4, 0.5) is 5.69 Å². The van der Waals surface area contributed by atoms with Crippen LogP contribution in [0.5, 0.6) is 0 Å². The summed E-state index contributed by atoms with van der Waals surface area (Å²) in [5.74, 6) is 0. The Kier molecular flexibility index (Phi) is 4.69. The molecule has 2 rings (SSSR count). The first kappa shape index (κ1) is 14.5. The molecule has 1 N–H and O–H groups in total. The molecule has 106 valence electrons. The molecule has 0 aliphatic rings. The monoisotopic (exact) mass is 271 g/mol. The molecule has 0 bridgehead atoms. The van der Waals surface area contributed by atoms with Crippen LogP contribution in [-0.2, 0) is 6.54 Å². The molecule has 2 aromatic rings. The first-order valence-electron chi connectivity index (χ1n) is 6.91. The summed E-state index contributed by atoms with van der Waals surface area (Å²) in [4.78, 5) is 11.0. The summed E-state index contributed by atoms with van der Waals surface area (Å²) in [6.07, 6.45) is 1.28. The second-order valence-electron chi connectivity index (χ2n) is 4.90. The first-order valence-corrected chi connectivity index (χ1v) is 6.91. The zero-order chi connectivity index (χ0) is 14.5. The minimum Gasteiger partial charge on any atom is -0.387 e. The number of aliphatic hydroxyl groups excluding tert-OH is 1. The molecule has 0 unspecified atom stereocenters. The first-order chi connectivity index (χ1) is 9.60. The quantitative estimate of drug-likeness (QED) is 0.908. The molecule has 0 spiro atoms. The van der Waals surface area contributed by atoms with Gasteiger partial charge in [-0.15, -0.1) is 0 Å². The van der Waals surface area contributed by atoms with E-state index in [2.05, 4.69) is 21.8 Å². The third-order valence-corrected chi connectivity index (χ3v) is 3.24. The van der Waals surface area contributed by atoms with Gasteiger partial charge in [-0.25, -0.2) is 0 Å². The lowest BCUT2D eigenvalue weighted by molar-refractivity contribution is 0.194. The highest BCUT2D eigenvalue weighted by atomic mass is 16.3. The molecule has 0 fully saturated rings. The van der Waals surface area contributed by atoms with Crippen molar-refractivity contribution in [2.24, 2.45) is 0 Å². The highest BCUT2D eigenvalue weighted by Crippen LogP contribution is 2.18. The van der Waals surface area contributed by atoms with Crippen molar-refractivity contribution in [2.75, 3.05) is 11.4 Å². The van der Waals surface area contributed by atoms with Gasteiger partial charge in [0, 0.05) is 12.2 Å². The van der Waals surface area contributed by atoms with Crippen LogP contribution in [-0.4, -0.2) is 21.6 Å². The number of anilines is 1. The van der Waals surface area contributed by atoms with E-state index in [-0.39, 0.29) is 0 Å². The molecule has 2 heterocycles. The normalized spacial score (nSPS) is 12.2. The van der Waals surface area contributed by atoms with E-state index in [0.29, 0.717) is 5.69 Å². The largest absolute Gasteiger partial charge is 0.387 e.